The first-order chi connectivity index (χ1) is 9.65. The predicted molar refractivity (Wildman–Crippen MR) is 75.6 cm³/mol. The first-order valence-corrected chi connectivity index (χ1v) is 6.45. The normalized spacial score (nSPS) is 12.2. The lowest BCUT2D eigenvalue weighted by Gasteiger charge is -2.13. The second-order valence-corrected chi connectivity index (χ2v) is 4.31. The number of carbonyl (C=O) groups excluding carboxylic acids is 1. The summed E-state index contributed by atoms with van der Waals surface area (Å²) in [5.41, 5.74) is 1.20. The van der Waals surface area contributed by atoms with Crippen molar-refractivity contribution in [2.24, 2.45) is 0 Å². The maximum atomic E-state index is 11.5. The van der Waals surface area contributed by atoms with Gasteiger partial charge in [0.1, 0.15) is 11.6 Å². The Morgan fingerprint density at radius 2 is 2.30 bits per heavy atom. The molecule has 0 aliphatic carbocycles. The third-order valence-corrected chi connectivity index (χ3v) is 2.73. The molecule has 0 saturated heterocycles. The average molecular weight is 278 g/mol. The molecule has 108 valence electrons. The Labute approximate surface area is 116 Å². The van der Waals surface area contributed by atoms with Crippen molar-refractivity contribution in [3.8, 4) is 0 Å². The number of nitrogens with zero attached hydrogens (tertiary/aromatic N) is 3. The van der Waals surface area contributed by atoms with E-state index in [1.807, 2.05) is 0 Å². The molecule has 2 aromatic heterocycles. The summed E-state index contributed by atoms with van der Waals surface area (Å²) in [6, 6.07) is -0.513. The SMILES string of the molecule is CCCNc1nc(NC(C)C(=O)OC)c2[nH]cnc2n1. The summed E-state index contributed by atoms with van der Waals surface area (Å²) in [5, 5.41) is 6.10. The zero-order chi connectivity index (χ0) is 14.5. The smallest absolute Gasteiger partial charge is 0.328 e. The van der Waals surface area contributed by atoms with E-state index in [-0.39, 0.29) is 5.97 Å². The Morgan fingerprint density at radius 3 is 3.00 bits per heavy atom. The topological polar surface area (TPSA) is 105 Å². The van der Waals surface area contributed by atoms with Crippen molar-refractivity contribution in [3.05, 3.63) is 6.33 Å². The van der Waals surface area contributed by atoms with E-state index in [4.69, 9.17) is 0 Å². The van der Waals surface area contributed by atoms with E-state index in [1.54, 1.807) is 6.92 Å². The van der Waals surface area contributed by atoms with Crippen LogP contribution in [0.3, 0.4) is 0 Å². The minimum atomic E-state index is -0.513. The van der Waals surface area contributed by atoms with E-state index in [1.165, 1.54) is 13.4 Å². The lowest BCUT2D eigenvalue weighted by Crippen LogP contribution is -2.28. The highest BCUT2D eigenvalue weighted by molar-refractivity contribution is 5.87. The van der Waals surface area contributed by atoms with Crippen LogP contribution in [0.2, 0.25) is 0 Å². The van der Waals surface area contributed by atoms with Gasteiger partial charge in [0.2, 0.25) is 5.95 Å². The molecule has 1 atom stereocenters. The van der Waals surface area contributed by atoms with Crippen molar-refractivity contribution in [2.45, 2.75) is 26.3 Å². The van der Waals surface area contributed by atoms with Crippen LogP contribution < -0.4 is 10.6 Å². The van der Waals surface area contributed by atoms with Gasteiger partial charge in [-0.05, 0) is 13.3 Å². The van der Waals surface area contributed by atoms with E-state index >= 15 is 0 Å². The molecule has 20 heavy (non-hydrogen) atoms. The molecule has 8 heteroatoms. The maximum Gasteiger partial charge on any atom is 0.328 e. The third-order valence-electron chi connectivity index (χ3n) is 2.73. The lowest BCUT2D eigenvalue weighted by molar-refractivity contribution is -0.141. The highest BCUT2D eigenvalue weighted by Crippen LogP contribution is 2.19. The van der Waals surface area contributed by atoms with E-state index in [2.05, 4.69) is 42.2 Å². The summed E-state index contributed by atoms with van der Waals surface area (Å²) in [5.74, 6) is 0.634. The van der Waals surface area contributed by atoms with E-state index in [0.29, 0.717) is 22.9 Å². The van der Waals surface area contributed by atoms with Gasteiger partial charge in [0.15, 0.2) is 11.5 Å². The molecule has 2 aromatic rings. The Hall–Kier alpha value is -2.38. The second kappa shape index (κ2) is 6.18. The van der Waals surface area contributed by atoms with Gasteiger partial charge >= 0.3 is 5.97 Å². The van der Waals surface area contributed by atoms with Crippen LogP contribution in [-0.4, -0.2) is 45.6 Å². The molecule has 0 aromatic carbocycles. The van der Waals surface area contributed by atoms with Crippen LogP contribution in [0.5, 0.6) is 0 Å². The number of nitrogens with one attached hydrogen (secondary N) is 3. The number of H-pyrrole nitrogens is 1. The molecule has 2 heterocycles. The molecule has 0 spiro atoms. The lowest BCUT2D eigenvalue weighted by atomic mass is 10.3. The standard InChI is InChI=1S/C12H18N6O2/c1-4-5-13-12-17-9-8(14-6-15-9)10(18-12)16-7(2)11(19)20-3/h6-7H,4-5H2,1-3H3,(H3,13,14,15,16,17,18). The number of carbonyl (C=O) groups is 1. The maximum absolute atomic E-state index is 11.5. The van der Waals surface area contributed by atoms with Crippen molar-refractivity contribution >= 4 is 28.9 Å². The highest BCUT2D eigenvalue weighted by Gasteiger charge is 2.17. The minimum absolute atomic E-state index is 0.362. The molecule has 0 aliphatic heterocycles. The average Bonchev–Trinajstić information content (AvgIpc) is 2.92. The van der Waals surface area contributed by atoms with Gasteiger partial charge in [-0.3, -0.25) is 0 Å². The molecule has 8 nitrogen and oxygen atoms in total. The Balaban J connectivity index is 2.29. The van der Waals surface area contributed by atoms with Crippen LogP contribution in [0.1, 0.15) is 20.3 Å². The Bertz CT molecular complexity index is 597. The molecule has 0 saturated carbocycles. The number of hydrogen-bond acceptors (Lipinski definition) is 7. The monoisotopic (exact) mass is 278 g/mol. The summed E-state index contributed by atoms with van der Waals surface area (Å²) < 4.78 is 4.69. The van der Waals surface area contributed by atoms with E-state index in [9.17, 15) is 4.79 Å². The minimum Gasteiger partial charge on any atom is -0.467 e. The van der Waals surface area contributed by atoms with Crippen molar-refractivity contribution in [3.63, 3.8) is 0 Å². The van der Waals surface area contributed by atoms with Crippen molar-refractivity contribution in [2.75, 3.05) is 24.3 Å². The number of rotatable bonds is 6. The van der Waals surface area contributed by atoms with Crippen LogP contribution in [0.4, 0.5) is 11.8 Å². The van der Waals surface area contributed by atoms with Crippen molar-refractivity contribution in [1.29, 1.82) is 0 Å². The van der Waals surface area contributed by atoms with Gasteiger partial charge in [-0.15, -0.1) is 0 Å². The van der Waals surface area contributed by atoms with Crippen LogP contribution >= 0.6 is 0 Å². The molecule has 0 radical (unpaired) electrons. The fourth-order valence-electron chi connectivity index (χ4n) is 1.69. The van der Waals surface area contributed by atoms with Crippen LogP contribution in [0.15, 0.2) is 6.33 Å². The van der Waals surface area contributed by atoms with Gasteiger partial charge in [-0.2, -0.15) is 9.97 Å². The van der Waals surface area contributed by atoms with E-state index in [0.717, 1.165) is 13.0 Å². The van der Waals surface area contributed by atoms with Gasteiger partial charge in [0, 0.05) is 6.54 Å². The molecule has 1 unspecified atom stereocenters. The fraction of sp³-hybridized carbons (Fsp3) is 0.500. The first-order valence-electron chi connectivity index (χ1n) is 6.45. The Morgan fingerprint density at radius 1 is 1.50 bits per heavy atom. The number of aromatic nitrogens is 4. The fourth-order valence-corrected chi connectivity index (χ4v) is 1.69. The van der Waals surface area contributed by atoms with Crippen molar-refractivity contribution < 1.29 is 9.53 Å². The molecule has 3 N–H and O–H groups in total. The van der Waals surface area contributed by atoms with Crippen molar-refractivity contribution in [1.82, 2.24) is 19.9 Å². The van der Waals surface area contributed by atoms with Crippen LogP contribution in [0.25, 0.3) is 11.2 Å². The van der Waals surface area contributed by atoms with Gasteiger partial charge in [-0.1, -0.05) is 6.92 Å². The Kier molecular flexibility index (Phi) is 4.34. The van der Waals surface area contributed by atoms with Gasteiger partial charge in [0.05, 0.1) is 13.4 Å². The van der Waals surface area contributed by atoms with Gasteiger partial charge in [-0.25, -0.2) is 9.78 Å². The first kappa shape index (κ1) is 14.0. The zero-order valence-electron chi connectivity index (χ0n) is 11.7. The quantitative estimate of drug-likeness (QED) is 0.681. The van der Waals surface area contributed by atoms with Crippen LogP contribution in [-0.2, 0) is 9.53 Å². The zero-order valence-corrected chi connectivity index (χ0v) is 11.7. The molecular formula is C12H18N6O2. The number of aromatic amines is 1. The number of fused-ring (bicyclic) bond motifs is 1. The summed E-state index contributed by atoms with van der Waals surface area (Å²) in [6.07, 6.45) is 2.50. The molecule has 0 amide bonds. The summed E-state index contributed by atoms with van der Waals surface area (Å²) in [4.78, 5) is 27.2. The highest BCUT2D eigenvalue weighted by atomic mass is 16.5. The summed E-state index contributed by atoms with van der Waals surface area (Å²) in [7, 11) is 1.35. The second-order valence-electron chi connectivity index (χ2n) is 4.31. The number of hydrogen-bond donors (Lipinski definition) is 3. The van der Waals surface area contributed by atoms with E-state index < -0.39 is 6.04 Å². The number of ether oxygens (including phenoxy) is 1. The molecule has 0 aliphatic rings. The molecule has 0 bridgehead atoms. The summed E-state index contributed by atoms with van der Waals surface area (Å²) >= 11 is 0. The molecular weight excluding hydrogens is 260 g/mol. The molecule has 2 rings (SSSR count). The number of esters is 1. The van der Waals surface area contributed by atoms with Crippen LogP contribution in [0, 0.1) is 0 Å². The number of methoxy groups -OCH3 is 1. The molecule has 0 fully saturated rings. The number of anilines is 2. The largest absolute Gasteiger partial charge is 0.467 e. The summed E-state index contributed by atoms with van der Waals surface area (Å²) in [6.45, 7) is 4.52. The predicted octanol–water partition coefficient (Wildman–Crippen LogP) is 1.15. The van der Waals surface area contributed by atoms with Gasteiger partial charge < -0.3 is 20.4 Å². The number of imidazole rings is 1. The van der Waals surface area contributed by atoms with Gasteiger partial charge in [0.25, 0.3) is 0 Å². The third kappa shape index (κ3) is 2.95.